The average molecular weight is 354 g/mol. The van der Waals surface area contributed by atoms with Gasteiger partial charge < -0.3 is 9.73 Å². The Labute approximate surface area is 133 Å². The molecule has 1 heterocycles. The van der Waals surface area contributed by atoms with Crippen LogP contribution in [-0.2, 0) is 12.3 Å². The van der Waals surface area contributed by atoms with Crippen molar-refractivity contribution in [1.29, 1.82) is 0 Å². The van der Waals surface area contributed by atoms with Crippen LogP contribution >= 0.6 is 27.7 Å². The van der Waals surface area contributed by atoms with Gasteiger partial charge in [0.15, 0.2) is 0 Å². The van der Waals surface area contributed by atoms with Gasteiger partial charge in [-0.1, -0.05) is 15.9 Å². The first-order valence-corrected chi connectivity index (χ1v) is 8.41. The Kier molecular flexibility index (Phi) is 5.35. The normalized spacial score (nSPS) is 11.8. The molecule has 0 aliphatic carbocycles. The molecule has 0 fully saturated rings. The maximum atomic E-state index is 5.83. The third-order valence-corrected chi connectivity index (χ3v) is 4.27. The molecule has 1 aromatic carbocycles. The van der Waals surface area contributed by atoms with E-state index in [1.54, 1.807) is 11.8 Å². The SMILES string of the molecule is CC(C)(C)NCc1ccc(CSc2ccc(Br)cc2)o1. The summed E-state index contributed by atoms with van der Waals surface area (Å²) < 4.78 is 6.94. The lowest BCUT2D eigenvalue weighted by Gasteiger charge is -2.19. The summed E-state index contributed by atoms with van der Waals surface area (Å²) in [6, 6.07) is 12.5. The van der Waals surface area contributed by atoms with Gasteiger partial charge in [-0.2, -0.15) is 0 Å². The second kappa shape index (κ2) is 6.83. The van der Waals surface area contributed by atoms with Crippen molar-refractivity contribution >= 4 is 27.7 Å². The predicted octanol–water partition coefficient (Wildman–Crippen LogP) is 5.22. The molecule has 4 heteroatoms. The quantitative estimate of drug-likeness (QED) is 0.745. The molecule has 20 heavy (non-hydrogen) atoms. The molecule has 1 N–H and O–H groups in total. The molecule has 1 aromatic heterocycles. The van der Waals surface area contributed by atoms with Gasteiger partial charge in [-0.3, -0.25) is 0 Å². The van der Waals surface area contributed by atoms with Gasteiger partial charge in [-0.15, -0.1) is 11.8 Å². The molecule has 2 nitrogen and oxygen atoms in total. The molecule has 2 aromatic rings. The van der Waals surface area contributed by atoms with E-state index in [4.69, 9.17) is 4.42 Å². The number of furan rings is 1. The zero-order chi connectivity index (χ0) is 14.6. The highest BCUT2D eigenvalue weighted by molar-refractivity contribution is 9.10. The summed E-state index contributed by atoms with van der Waals surface area (Å²) in [7, 11) is 0. The number of halogens is 1. The Morgan fingerprint density at radius 3 is 2.35 bits per heavy atom. The molecule has 0 radical (unpaired) electrons. The Balaban J connectivity index is 1.85. The molecule has 2 rings (SSSR count). The summed E-state index contributed by atoms with van der Waals surface area (Å²) in [6.45, 7) is 7.23. The predicted molar refractivity (Wildman–Crippen MR) is 89.0 cm³/mol. The van der Waals surface area contributed by atoms with Crippen LogP contribution in [-0.4, -0.2) is 5.54 Å². The minimum Gasteiger partial charge on any atom is -0.464 e. The van der Waals surface area contributed by atoms with Crippen molar-refractivity contribution in [3.05, 3.63) is 52.4 Å². The van der Waals surface area contributed by atoms with Crippen LogP contribution < -0.4 is 5.32 Å². The van der Waals surface area contributed by atoms with Crippen LogP contribution in [0.25, 0.3) is 0 Å². The van der Waals surface area contributed by atoms with Crippen molar-refractivity contribution in [3.63, 3.8) is 0 Å². The summed E-state index contributed by atoms with van der Waals surface area (Å²) >= 11 is 5.23. The van der Waals surface area contributed by atoms with Crippen molar-refractivity contribution < 1.29 is 4.42 Å². The first-order chi connectivity index (χ1) is 9.42. The fraction of sp³-hybridized carbons (Fsp3) is 0.375. The highest BCUT2D eigenvalue weighted by Crippen LogP contribution is 2.25. The van der Waals surface area contributed by atoms with Crippen molar-refractivity contribution in [2.75, 3.05) is 0 Å². The number of nitrogens with one attached hydrogen (secondary N) is 1. The summed E-state index contributed by atoms with van der Waals surface area (Å²) in [6.07, 6.45) is 0. The number of hydrogen-bond donors (Lipinski definition) is 1. The topological polar surface area (TPSA) is 25.2 Å². The van der Waals surface area contributed by atoms with E-state index in [0.29, 0.717) is 0 Å². The third-order valence-electron chi connectivity index (χ3n) is 2.70. The van der Waals surface area contributed by atoms with Crippen LogP contribution in [0.5, 0.6) is 0 Å². The number of benzene rings is 1. The summed E-state index contributed by atoms with van der Waals surface area (Å²) in [4.78, 5) is 1.25. The minimum atomic E-state index is 0.110. The average Bonchev–Trinajstić information content (AvgIpc) is 2.83. The Hall–Kier alpha value is -0.710. The monoisotopic (exact) mass is 353 g/mol. The van der Waals surface area contributed by atoms with Gasteiger partial charge in [0.25, 0.3) is 0 Å². The maximum absolute atomic E-state index is 5.83. The van der Waals surface area contributed by atoms with E-state index in [1.165, 1.54) is 4.90 Å². The van der Waals surface area contributed by atoms with Gasteiger partial charge in [0.1, 0.15) is 11.5 Å². The lowest BCUT2D eigenvalue weighted by molar-refractivity contribution is 0.382. The second-order valence-electron chi connectivity index (χ2n) is 5.71. The van der Waals surface area contributed by atoms with E-state index < -0.39 is 0 Å². The van der Waals surface area contributed by atoms with Crippen LogP contribution in [0.3, 0.4) is 0 Å². The van der Waals surface area contributed by atoms with Crippen molar-refractivity contribution in [3.8, 4) is 0 Å². The smallest absolute Gasteiger partial charge is 0.118 e. The summed E-state index contributed by atoms with van der Waals surface area (Å²) in [5.41, 5.74) is 0.110. The molecule has 0 atom stereocenters. The first-order valence-electron chi connectivity index (χ1n) is 6.63. The van der Waals surface area contributed by atoms with Gasteiger partial charge in [0.2, 0.25) is 0 Å². The van der Waals surface area contributed by atoms with Crippen molar-refractivity contribution in [2.24, 2.45) is 0 Å². The lowest BCUT2D eigenvalue weighted by Crippen LogP contribution is -2.34. The van der Waals surface area contributed by atoms with E-state index in [9.17, 15) is 0 Å². The molecule has 0 aliphatic heterocycles. The highest BCUT2D eigenvalue weighted by atomic mass is 79.9. The zero-order valence-electron chi connectivity index (χ0n) is 12.1. The zero-order valence-corrected chi connectivity index (χ0v) is 14.5. The fourth-order valence-corrected chi connectivity index (χ4v) is 2.69. The number of thioether (sulfide) groups is 1. The van der Waals surface area contributed by atoms with Gasteiger partial charge >= 0.3 is 0 Å². The highest BCUT2D eigenvalue weighted by Gasteiger charge is 2.10. The van der Waals surface area contributed by atoms with Crippen LogP contribution in [0.15, 0.2) is 50.2 Å². The molecule has 0 saturated heterocycles. The molecule has 0 spiro atoms. The third kappa shape index (κ3) is 5.35. The second-order valence-corrected chi connectivity index (χ2v) is 7.68. The van der Waals surface area contributed by atoms with E-state index >= 15 is 0 Å². The Bertz CT molecular complexity index is 542. The lowest BCUT2D eigenvalue weighted by atomic mass is 10.1. The van der Waals surface area contributed by atoms with Crippen LogP contribution in [0.4, 0.5) is 0 Å². The molecule has 0 aliphatic rings. The summed E-state index contributed by atoms with van der Waals surface area (Å²) in [5, 5.41) is 3.43. The van der Waals surface area contributed by atoms with Gasteiger partial charge in [-0.25, -0.2) is 0 Å². The van der Waals surface area contributed by atoms with Crippen LogP contribution in [0.2, 0.25) is 0 Å². The fourth-order valence-electron chi connectivity index (χ4n) is 1.63. The van der Waals surface area contributed by atoms with Crippen LogP contribution in [0, 0.1) is 0 Å². The number of rotatable bonds is 5. The Morgan fingerprint density at radius 1 is 1.05 bits per heavy atom. The van der Waals surface area contributed by atoms with E-state index in [1.807, 2.05) is 0 Å². The van der Waals surface area contributed by atoms with Crippen molar-refractivity contribution in [1.82, 2.24) is 5.32 Å². The van der Waals surface area contributed by atoms with Crippen molar-refractivity contribution in [2.45, 2.75) is 43.5 Å². The first kappa shape index (κ1) is 15.7. The van der Waals surface area contributed by atoms with E-state index in [2.05, 4.69) is 78.4 Å². The Morgan fingerprint density at radius 2 is 1.70 bits per heavy atom. The molecule has 0 amide bonds. The molecule has 0 saturated carbocycles. The van der Waals surface area contributed by atoms with Gasteiger partial charge in [0.05, 0.1) is 12.3 Å². The number of hydrogen-bond acceptors (Lipinski definition) is 3. The molecule has 0 bridgehead atoms. The molecular formula is C16H20BrNOS. The van der Waals surface area contributed by atoms with Gasteiger partial charge in [0, 0.05) is 14.9 Å². The van der Waals surface area contributed by atoms with Gasteiger partial charge in [-0.05, 0) is 57.2 Å². The minimum absolute atomic E-state index is 0.110. The maximum Gasteiger partial charge on any atom is 0.118 e. The molecule has 0 unspecified atom stereocenters. The van der Waals surface area contributed by atoms with Crippen LogP contribution in [0.1, 0.15) is 32.3 Å². The largest absolute Gasteiger partial charge is 0.464 e. The van der Waals surface area contributed by atoms with E-state index in [-0.39, 0.29) is 5.54 Å². The summed E-state index contributed by atoms with van der Waals surface area (Å²) in [5.74, 6) is 2.87. The molecular weight excluding hydrogens is 334 g/mol. The van der Waals surface area contributed by atoms with E-state index in [0.717, 1.165) is 28.3 Å². The molecule has 108 valence electrons. The standard InChI is InChI=1S/C16H20BrNOS/c1-16(2,3)18-10-13-6-7-14(19-13)11-20-15-8-4-12(17)5-9-15/h4-9,18H,10-11H2,1-3H3.